The molecule has 0 radical (unpaired) electrons. The van der Waals surface area contributed by atoms with Crippen LogP contribution in [0.5, 0.6) is 0 Å². The summed E-state index contributed by atoms with van der Waals surface area (Å²) < 4.78 is 0. The van der Waals surface area contributed by atoms with Crippen molar-refractivity contribution in [2.24, 2.45) is 0 Å². The van der Waals surface area contributed by atoms with Crippen LogP contribution >= 0.6 is 15.9 Å². The van der Waals surface area contributed by atoms with Crippen molar-refractivity contribution in [2.75, 3.05) is 5.33 Å². The lowest BCUT2D eigenvalue weighted by molar-refractivity contribution is 0.0903. The average molecular weight is 312 g/mol. The van der Waals surface area contributed by atoms with Gasteiger partial charge in [-0.3, -0.25) is 4.79 Å². The molecular formula is C15H22BrNO. The Morgan fingerprint density at radius 2 is 1.89 bits per heavy atom. The molecular weight excluding hydrogens is 290 g/mol. The van der Waals surface area contributed by atoms with Gasteiger partial charge in [0.25, 0.3) is 5.91 Å². The molecule has 1 amide bonds. The lowest BCUT2D eigenvalue weighted by Gasteiger charge is -2.31. The highest BCUT2D eigenvalue weighted by atomic mass is 79.9. The molecule has 0 atom stereocenters. The van der Waals surface area contributed by atoms with E-state index in [1.807, 2.05) is 32.0 Å². The molecule has 1 aromatic rings. The minimum absolute atomic E-state index is 0.0272. The molecule has 2 nitrogen and oxygen atoms in total. The molecule has 0 aliphatic heterocycles. The van der Waals surface area contributed by atoms with E-state index in [4.69, 9.17) is 0 Å². The number of halogens is 1. The zero-order chi connectivity index (χ0) is 13.8. The van der Waals surface area contributed by atoms with Crippen molar-refractivity contribution < 1.29 is 4.79 Å². The lowest BCUT2D eigenvalue weighted by atomic mass is 9.94. The fraction of sp³-hybridized carbons (Fsp3) is 0.533. The van der Waals surface area contributed by atoms with Crippen LogP contribution in [0, 0.1) is 13.8 Å². The van der Waals surface area contributed by atoms with Crippen LogP contribution in [0.2, 0.25) is 0 Å². The second kappa shape index (κ2) is 6.37. The summed E-state index contributed by atoms with van der Waals surface area (Å²) in [5.41, 5.74) is 2.77. The van der Waals surface area contributed by atoms with Crippen LogP contribution in [0.3, 0.4) is 0 Å². The van der Waals surface area contributed by atoms with Crippen LogP contribution in [0.15, 0.2) is 18.2 Å². The maximum atomic E-state index is 12.4. The number of alkyl halides is 1. The molecule has 0 heterocycles. The molecule has 0 saturated heterocycles. The van der Waals surface area contributed by atoms with Crippen molar-refractivity contribution in [3.05, 3.63) is 34.9 Å². The smallest absolute Gasteiger partial charge is 0.252 e. The molecule has 0 unspecified atom stereocenters. The van der Waals surface area contributed by atoms with Crippen molar-refractivity contribution in [2.45, 2.75) is 46.1 Å². The van der Waals surface area contributed by atoms with Crippen LogP contribution in [0.4, 0.5) is 0 Å². The fourth-order valence-corrected chi connectivity index (χ4v) is 2.87. The highest BCUT2D eigenvalue weighted by molar-refractivity contribution is 9.09. The van der Waals surface area contributed by atoms with Gasteiger partial charge in [0.15, 0.2) is 0 Å². The third kappa shape index (κ3) is 3.35. The molecule has 1 aromatic carbocycles. The number of hydrogen-bond donors (Lipinski definition) is 1. The van der Waals surface area contributed by atoms with Gasteiger partial charge in [-0.05, 0) is 38.3 Å². The summed E-state index contributed by atoms with van der Waals surface area (Å²) >= 11 is 3.51. The number of aryl methyl sites for hydroxylation is 2. The second-order valence-corrected chi connectivity index (χ2v) is 5.45. The van der Waals surface area contributed by atoms with E-state index < -0.39 is 0 Å². The van der Waals surface area contributed by atoms with E-state index in [9.17, 15) is 4.79 Å². The molecule has 0 bridgehead atoms. The molecule has 3 heteroatoms. The maximum Gasteiger partial charge on any atom is 0.252 e. The fourth-order valence-electron chi connectivity index (χ4n) is 1.94. The number of benzene rings is 1. The first-order chi connectivity index (χ1) is 8.48. The van der Waals surface area contributed by atoms with E-state index in [1.165, 1.54) is 0 Å². The summed E-state index contributed by atoms with van der Waals surface area (Å²) in [6.07, 6.45) is 1.84. The second-order valence-electron chi connectivity index (χ2n) is 4.89. The number of amides is 1. The summed E-state index contributed by atoms with van der Waals surface area (Å²) in [7, 11) is 0. The predicted octanol–water partition coefficient (Wildman–Crippen LogP) is 3.99. The van der Waals surface area contributed by atoms with Gasteiger partial charge in [0, 0.05) is 16.4 Å². The summed E-state index contributed by atoms with van der Waals surface area (Å²) in [5, 5.41) is 3.96. The van der Waals surface area contributed by atoms with Gasteiger partial charge in [-0.15, -0.1) is 0 Å². The Hall–Kier alpha value is -0.830. The first-order valence-corrected chi connectivity index (χ1v) is 7.56. The molecule has 0 fully saturated rings. The topological polar surface area (TPSA) is 29.1 Å². The highest BCUT2D eigenvalue weighted by Crippen LogP contribution is 2.20. The van der Waals surface area contributed by atoms with Gasteiger partial charge < -0.3 is 5.32 Å². The number of hydrogen-bond acceptors (Lipinski definition) is 1. The Bertz CT molecular complexity index is 416. The van der Waals surface area contributed by atoms with Crippen LogP contribution in [-0.2, 0) is 0 Å². The first-order valence-electron chi connectivity index (χ1n) is 6.43. The molecule has 0 saturated carbocycles. The van der Waals surface area contributed by atoms with Crippen LogP contribution < -0.4 is 5.32 Å². The normalized spacial score (nSPS) is 11.4. The van der Waals surface area contributed by atoms with Gasteiger partial charge in [0.05, 0.1) is 0 Å². The SMILES string of the molecule is CCC(CC)(CBr)NC(=O)c1cc(C)ccc1C. The summed E-state index contributed by atoms with van der Waals surface area (Å²) in [6, 6.07) is 5.98. The van der Waals surface area contributed by atoms with E-state index in [0.29, 0.717) is 0 Å². The van der Waals surface area contributed by atoms with Gasteiger partial charge in [-0.2, -0.15) is 0 Å². The third-order valence-corrected chi connectivity index (χ3v) is 4.70. The third-order valence-electron chi connectivity index (χ3n) is 3.63. The number of carbonyl (C=O) groups is 1. The van der Waals surface area contributed by atoms with Gasteiger partial charge in [0.2, 0.25) is 0 Å². The minimum atomic E-state index is -0.146. The van der Waals surface area contributed by atoms with Crippen molar-refractivity contribution in [1.29, 1.82) is 0 Å². The lowest BCUT2D eigenvalue weighted by Crippen LogP contribution is -2.49. The quantitative estimate of drug-likeness (QED) is 0.819. The van der Waals surface area contributed by atoms with Gasteiger partial charge >= 0.3 is 0 Å². The summed E-state index contributed by atoms with van der Waals surface area (Å²) in [6.45, 7) is 8.19. The van der Waals surface area contributed by atoms with E-state index in [0.717, 1.165) is 34.9 Å². The standard InChI is InChI=1S/C15H22BrNO/c1-5-15(6-2,10-16)17-14(18)13-9-11(3)7-8-12(13)4/h7-9H,5-6,10H2,1-4H3,(H,17,18). The molecule has 1 rings (SSSR count). The molecule has 0 aliphatic rings. The van der Waals surface area contributed by atoms with Crippen molar-refractivity contribution >= 4 is 21.8 Å². The Kier molecular flexibility index (Phi) is 5.39. The highest BCUT2D eigenvalue weighted by Gasteiger charge is 2.27. The van der Waals surface area contributed by atoms with Gasteiger partial charge in [0.1, 0.15) is 0 Å². The zero-order valence-corrected chi connectivity index (χ0v) is 13.2. The predicted molar refractivity (Wildman–Crippen MR) is 80.5 cm³/mol. The molecule has 0 spiro atoms. The van der Waals surface area contributed by atoms with E-state index in [-0.39, 0.29) is 11.4 Å². The van der Waals surface area contributed by atoms with Crippen molar-refractivity contribution in [1.82, 2.24) is 5.32 Å². The van der Waals surface area contributed by atoms with Gasteiger partial charge in [-0.25, -0.2) is 0 Å². The molecule has 1 N–H and O–H groups in total. The minimum Gasteiger partial charge on any atom is -0.346 e. The molecule has 0 aliphatic carbocycles. The number of carbonyl (C=O) groups excluding carboxylic acids is 1. The van der Waals surface area contributed by atoms with Crippen molar-refractivity contribution in [3.63, 3.8) is 0 Å². The van der Waals surface area contributed by atoms with Crippen LogP contribution in [0.1, 0.15) is 48.2 Å². The number of rotatable bonds is 5. The maximum absolute atomic E-state index is 12.4. The van der Waals surface area contributed by atoms with E-state index >= 15 is 0 Å². The van der Waals surface area contributed by atoms with E-state index in [1.54, 1.807) is 0 Å². The Balaban J connectivity index is 2.97. The summed E-state index contributed by atoms with van der Waals surface area (Å²) in [5.74, 6) is 0.0272. The molecule has 100 valence electrons. The monoisotopic (exact) mass is 311 g/mol. The first kappa shape index (κ1) is 15.2. The Morgan fingerprint density at radius 1 is 1.28 bits per heavy atom. The largest absolute Gasteiger partial charge is 0.346 e. The molecule has 0 aromatic heterocycles. The van der Waals surface area contributed by atoms with Gasteiger partial charge in [-0.1, -0.05) is 47.5 Å². The molecule has 18 heavy (non-hydrogen) atoms. The van der Waals surface area contributed by atoms with Crippen molar-refractivity contribution in [3.8, 4) is 0 Å². The van der Waals surface area contributed by atoms with Crippen LogP contribution in [-0.4, -0.2) is 16.8 Å². The zero-order valence-electron chi connectivity index (χ0n) is 11.6. The Labute approximate surface area is 118 Å². The summed E-state index contributed by atoms with van der Waals surface area (Å²) in [4.78, 5) is 12.4. The Morgan fingerprint density at radius 3 is 2.39 bits per heavy atom. The van der Waals surface area contributed by atoms with Crippen LogP contribution in [0.25, 0.3) is 0 Å². The number of nitrogens with one attached hydrogen (secondary N) is 1. The van der Waals surface area contributed by atoms with E-state index in [2.05, 4.69) is 35.1 Å². The average Bonchev–Trinajstić information content (AvgIpc) is 2.38.